The van der Waals surface area contributed by atoms with Crippen molar-refractivity contribution in [2.24, 2.45) is 0 Å². The molecule has 0 bridgehead atoms. The van der Waals surface area contributed by atoms with Gasteiger partial charge in [0, 0.05) is 0 Å². The summed E-state index contributed by atoms with van der Waals surface area (Å²) in [5, 5.41) is 1.95. The fourth-order valence-electron chi connectivity index (χ4n) is 2.45. The van der Waals surface area contributed by atoms with Crippen molar-refractivity contribution in [3.05, 3.63) is 29.8 Å². The first-order valence-electron chi connectivity index (χ1n) is 7.91. The van der Waals surface area contributed by atoms with Crippen molar-refractivity contribution in [2.45, 2.75) is 6.92 Å². The molecule has 1 aliphatic heterocycles. The van der Waals surface area contributed by atoms with Gasteiger partial charge in [-0.2, -0.15) is 0 Å². The van der Waals surface area contributed by atoms with Crippen LogP contribution in [-0.4, -0.2) is 57.9 Å². The van der Waals surface area contributed by atoms with E-state index in [1.165, 1.54) is 4.90 Å². The number of hydrogen-bond acceptors (Lipinski definition) is 4. The molecule has 126 valence electrons. The summed E-state index contributed by atoms with van der Waals surface area (Å²) in [6.07, 6.45) is 3.94. The maximum Gasteiger partial charge on any atom is 0.272 e. The first kappa shape index (κ1) is 17.3. The van der Waals surface area contributed by atoms with E-state index in [9.17, 15) is 4.79 Å². The summed E-state index contributed by atoms with van der Waals surface area (Å²) in [6, 6.07) is 5.64. The van der Waals surface area contributed by atoms with Crippen LogP contribution >= 0.6 is 0 Å². The Morgan fingerprint density at radius 2 is 2.09 bits per heavy atom. The summed E-state index contributed by atoms with van der Waals surface area (Å²) in [7, 11) is 3.75. The summed E-state index contributed by atoms with van der Waals surface area (Å²) in [5.41, 5.74) is 3.91. The minimum atomic E-state index is -0.149. The molecule has 0 radical (unpaired) electrons. The molecule has 1 aromatic rings. The second-order valence-corrected chi connectivity index (χ2v) is 5.68. The van der Waals surface area contributed by atoms with E-state index in [0.29, 0.717) is 11.5 Å². The number of carbonyl (C=O) groups excluding carboxylic acids is 1. The summed E-state index contributed by atoms with van der Waals surface area (Å²) in [5.74, 6) is 1.04. The van der Waals surface area contributed by atoms with Gasteiger partial charge in [0.25, 0.3) is 5.91 Å². The van der Waals surface area contributed by atoms with Crippen molar-refractivity contribution in [2.75, 3.05) is 46.9 Å². The van der Waals surface area contributed by atoms with Crippen molar-refractivity contribution in [1.29, 1.82) is 0 Å². The standard InChI is InChI=1S/C17H25N3O3/c1-4-5-14-6-7-15(16(12-14)22-3)23-13-17(21)18-20-10-8-19(2)9-11-20/h4-7,12H,8-11,13H2,1-3H3,(H,18,21)/p+1/b5-4+. The normalized spacial score (nSPS) is 16.5. The predicted molar refractivity (Wildman–Crippen MR) is 89.5 cm³/mol. The van der Waals surface area contributed by atoms with Crippen LogP contribution in [0.25, 0.3) is 6.08 Å². The van der Waals surface area contributed by atoms with Gasteiger partial charge in [0.05, 0.1) is 40.3 Å². The van der Waals surface area contributed by atoms with Crippen LogP contribution in [0.15, 0.2) is 24.3 Å². The molecule has 1 aliphatic rings. The molecule has 0 aliphatic carbocycles. The van der Waals surface area contributed by atoms with E-state index in [2.05, 4.69) is 12.5 Å². The number of amides is 1. The van der Waals surface area contributed by atoms with Gasteiger partial charge in [0.2, 0.25) is 0 Å². The number of nitrogens with one attached hydrogen (secondary N) is 2. The van der Waals surface area contributed by atoms with Crippen LogP contribution in [-0.2, 0) is 4.79 Å². The zero-order valence-corrected chi connectivity index (χ0v) is 14.1. The molecule has 0 spiro atoms. The largest absolute Gasteiger partial charge is 0.493 e. The lowest BCUT2D eigenvalue weighted by atomic mass is 10.2. The van der Waals surface area contributed by atoms with Crippen LogP contribution in [0.3, 0.4) is 0 Å². The van der Waals surface area contributed by atoms with Gasteiger partial charge >= 0.3 is 0 Å². The van der Waals surface area contributed by atoms with Crippen LogP contribution < -0.4 is 19.8 Å². The van der Waals surface area contributed by atoms with Gasteiger partial charge in [0.1, 0.15) is 0 Å². The van der Waals surface area contributed by atoms with E-state index in [0.717, 1.165) is 31.7 Å². The number of carbonyl (C=O) groups is 1. The van der Waals surface area contributed by atoms with Gasteiger partial charge in [-0.15, -0.1) is 0 Å². The molecule has 0 aromatic heterocycles. The first-order valence-corrected chi connectivity index (χ1v) is 7.91. The van der Waals surface area contributed by atoms with Gasteiger partial charge in [-0.3, -0.25) is 10.2 Å². The Labute approximate surface area is 137 Å². The molecule has 1 fully saturated rings. The average Bonchev–Trinajstić information content (AvgIpc) is 2.56. The van der Waals surface area contributed by atoms with E-state index < -0.39 is 0 Å². The van der Waals surface area contributed by atoms with Gasteiger partial charge in [-0.05, 0) is 24.6 Å². The number of allylic oxidation sites excluding steroid dienone is 1. The van der Waals surface area contributed by atoms with Crippen molar-refractivity contribution >= 4 is 12.0 Å². The second kappa shape index (κ2) is 8.55. The number of likely N-dealkylation sites (N-methyl/N-ethyl adjacent to an activating group) is 1. The third kappa shape index (κ3) is 5.26. The highest BCUT2D eigenvalue weighted by Crippen LogP contribution is 2.28. The van der Waals surface area contributed by atoms with Gasteiger partial charge < -0.3 is 14.4 Å². The monoisotopic (exact) mass is 320 g/mol. The summed E-state index contributed by atoms with van der Waals surface area (Å²) >= 11 is 0. The zero-order valence-electron chi connectivity index (χ0n) is 14.1. The Hall–Kier alpha value is -2.05. The molecule has 6 heteroatoms. The number of methoxy groups -OCH3 is 1. The molecule has 1 saturated heterocycles. The molecular weight excluding hydrogens is 294 g/mol. The van der Waals surface area contributed by atoms with Gasteiger partial charge in [-0.1, -0.05) is 18.2 Å². The topological polar surface area (TPSA) is 55.2 Å². The predicted octanol–water partition coefficient (Wildman–Crippen LogP) is -0.0314. The van der Waals surface area contributed by atoms with E-state index in [1.807, 2.05) is 42.3 Å². The molecule has 2 rings (SSSR count). The number of hydrazine groups is 1. The molecule has 1 amide bonds. The van der Waals surface area contributed by atoms with Crippen LogP contribution in [0.1, 0.15) is 12.5 Å². The van der Waals surface area contributed by atoms with Gasteiger partial charge in [0.15, 0.2) is 18.1 Å². The number of rotatable bonds is 6. The lowest BCUT2D eigenvalue weighted by Crippen LogP contribution is -3.12. The first-order chi connectivity index (χ1) is 11.1. The number of benzene rings is 1. The minimum Gasteiger partial charge on any atom is -0.493 e. The maximum absolute atomic E-state index is 12.0. The molecule has 6 nitrogen and oxygen atoms in total. The van der Waals surface area contributed by atoms with E-state index >= 15 is 0 Å². The van der Waals surface area contributed by atoms with Crippen molar-refractivity contribution < 1.29 is 19.2 Å². The molecule has 2 N–H and O–H groups in total. The SMILES string of the molecule is C/C=C/c1ccc(OCC(=O)NN2CC[NH+](C)CC2)c(OC)c1. The number of hydrogen-bond donors (Lipinski definition) is 2. The zero-order chi connectivity index (χ0) is 16.7. The summed E-state index contributed by atoms with van der Waals surface area (Å²) < 4.78 is 10.9. The Bertz CT molecular complexity index is 552. The van der Waals surface area contributed by atoms with Crippen molar-refractivity contribution in [3.63, 3.8) is 0 Å². The smallest absolute Gasteiger partial charge is 0.272 e. The van der Waals surface area contributed by atoms with E-state index in [1.54, 1.807) is 7.11 Å². The van der Waals surface area contributed by atoms with E-state index in [-0.39, 0.29) is 12.5 Å². The van der Waals surface area contributed by atoms with Crippen molar-refractivity contribution in [3.8, 4) is 11.5 Å². The summed E-state index contributed by atoms with van der Waals surface area (Å²) in [6.45, 7) is 5.71. The third-order valence-electron chi connectivity index (χ3n) is 3.81. The quantitative estimate of drug-likeness (QED) is 0.773. The fourth-order valence-corrected chi connectivity index (χ4v) is 2.45. The Balaban J connectivity index is 1.86. The van der Waals surface area contributed by atoms with Crippen LogP contribution in [0, 0.1) is 0 Å². The second-order valence-electron chi connectivity index (χ2n) is 5.68. The van der Waals surface area contributed by atoms with Gasteiger partial charge in [-0.25, -0.2) is 5.01 Å². The highest BCUT2D eigenvalue weighted by atomic mass is 16.5. The maximum atomic E-state index is 12.0. The van der Waals surface area contributed by atoms with Crippen molar-refractivity contribution in [1.82, 2.24) is 10.4 Å². The Kier molecular flexibility index (Phi) is 6.43. The minimum absolute atomic E-state index is 0.0292. The molecule has 0 atom stereocenters. The van der Waals surface area contributed by atoms with Crippen LogP contribution in [0.4, 0.5) is 0 Å². The Morgan fingerprint density at radius 3 is 2.74 bits per heavy atom. The van der Waals surface area contributed by atoms with Crippen LogP contribution in [0.5, 0.6) is 11.5 Å². The van der Waals surface area contributed by atoms with E-state index in [4.69, 9.17) is 9.47 Å². The lowest BCUT2D eigenvalue weighted by molar-refractivity contribution is -0.884. The highest BCUT2D eigenvalue weighted by molar-refractivity contribution is 5.77. The average molecular weight is 320 g/mol. The number of ether oxygens (including phenoxy) is 2. The molecule has 0 saturated carbocycles. The molecule has 23 heavy (non-hydrogen) atoms. The number of nitrogens with zero attached hydrogens (tertiary/aromatic N) is 1. The third-order valence-corrected chi connectivity index (χ3v) is 3.81. The number of piperazine rings is 1. The molecule has 0 unspecified atom stereocenters. The number of quaternary nitrogens is 1. The molecule has 1 aromatic carbocycles. The highest BCUT2D eigenvalue weighted by Gasteiger charge is 2.18. The summed E-state index contributed by atoms with van der Waals surface area (Å²) in [4.78, 5) is 13.5. The molecular formula is C17H26N3O3+. The lowest BCUT2D eigenvalue weighted by Gasteiger charge is -2.30. The Morgan fingerprint density at radius 1 is 1.35 bits per heavy atom. The molecule has 1 heterocycles. The fraction of sp³-hybridized carbons (Fsp3) is 0.471. The van der Waals surface area contributed by atoms with Crippen LogP contribution in [0.2, 0.25) is 0 Å².